The van der Waals surface area contributed by atoms with Gasteiger partial charge in [0.1, 0.15) is 0 Å². The second-order valence-electron chi connectivity index (χ2n) is 7.25. The van der Waals surface area contributed by atoms with Crippen LogP contribution in [-0.4, -0.2) is 21.3 Å². The molecule has 168 valence electrons. The minimum absolute atomic E-state index is 0.272. The van der Waals surface area contributed by atoms with Crippen molar-refractivity contribution in [3.8, 4) is 0 Å². The van der Waals surface area contributed by atoms with E-state index in [1.807, 2.05) is 19.9 Å². The Morgan fingerprint density at radius 3 is 1.90 bits per heavy atom. The maximum absolute atomic E-state index is 11.3. The number of allylic oxidation sites excluding steroid dienone is 7. The van der Waals surface area contributed by atoms with Crippen molar-refractivity contribution >= 4 is 15.6 Å². The first-order valence-corrected chi connectivity index (χ1v) is 12.5. The maximum Gasteiger partial charge on any atom is 0.481 e. The van der Waals surface area contributed by atoms with Gasteiger partial charge in [-0.3, -0.25) is 4.52 Å². The minimum atomic E-state index is -5.10. The van der Waals surface area contributed by atoms with Gasteiger partial charge in [0, 0.05) is 1.37 Å². The first-order valence-electron chi connectivity index (χ1n) is 10.1. The second kappa shape index (κ2) is 14.3. The highest BCUT2D eigenvalue weighted by Gasteiger charge is 2.31. The van der Waals surface area contributed by atoms with Crippen LogP contribution < -0.4 is 0 Å². The molecule has 0 heterocycles. The van der Waals surface area contributed by atoms with Crippen LogP contribution in [0.1, 0.15) is 74.5 Å². The van der Waals surface area contributed by atoms with Crippen LogP contribution >= 0.6 is 15.6 Å². The fourth-order valence-corrected chi connectivity index (χ4v) is 3.81. The van der Waals surface area contributed by atoms with Gasteiger partial charge in [0.25, 0.3) is 0 Å². The lowest BCUT2D eigenvalue weighted by molar-refractivity contribution is 0.191. The molecule has 0 aliphatic heterocycles. The first kappa shape index (κ1) is 26.3. The Bertz CT molecular complexity index is 746. The van der Waals surface area contributed by atoms with Crippen LogP contribution in [0.25, 0.3) is 0 Å². The Morgan fingerprint density at radius 2 is 1.34 bits per heavy atom. The van der Waals surface area contributed by atoms with Crippen LogP contribution in [0.2, 0.25) is 0 Å². The summed E-state index contributed by atoms with van der Waals surface area (Å²) in [6.45, 7) is 9.74. The van der Waals surface area contributed by atoms with E-state index in [0.717, 1.165) is 30.4 Å². The van der Waals surface area contributed by atoms with E-state index >= 15 is 0 Å². The zero-order valence-corrected chi connectivity index (χ0v) is 19.8. The second-order valence-corrected chi connectivity index (χ2v) is 10.1. The molecule has 0 radical (unpaired) electrons. The van der Waals surface area contributed by atoms with Gasteiger partial charge in [-0.25, -0.2) is 9.13 Å². The Balaban J connectivity index is 4.37. The standard InChI is InChI=1S/C20H36O7P2/c1-17(2)9-6-10-18(3)11-7-12-19(4)13-8-14-20(5)15-16-26-29(24,25)27-28(21,22)23/h9,11,13,15H,6-8,10,12,14,16H2,1-5H3,(H,24,25)(H2,21,22,23)/b18-11+,19-13+,20-15+/i7T. The average Bonchev–Trinajstić information content (AvgIpc) is 2.51. The molecular formula is C20H36O7P2. The summed E-state index contributed by atoms with van der Waals surface area (Å²) in [5.74, 6) is 0. The summed E-state index contributed by atoms with van der Waals surface area (Å²) >= 11 is 0. The van der Waals surface area contributed by atoms with Crippen LogP contribution in [0, 0.1) is 0 Å². The van der Waals surface area contributed by atoms with Gasteiger partial charge in [-0.1, -0.05) is 46.6 Å². The first-order chi connectivity index (χ1) is 13.7. The molecule has 2 unspecified atom stereocenters. The molecule has 0 saturated heterocycles. The van der Waals surface area contributed by atoms with Crippen molar-refractivity contribution < 1.29 is 34.0 Å². The van der Waals surface area contributed by atoms with Crippen LogP contribution in [-0.2, 0) is 18.0 Å². The summed E-state index contributed by atoms with van der Waals surface area (Å²) in [4.78, 5) is 26.3. The molecular weight excluding hydrogens is 414 g/mol. The topological polar surface area (TPSA) is 113 Å². The summed E-state index contributed by atoms with van der Waals surface area (Å²) in [6, 6.07) is 0. The summed E-state index contributed by atoms with van der Waals surface area (Å²) in [6.07, 6.45) is 11.6. The number of hydrogen-bond acceptors (Lipinski definition) is 4. The Kier molecular flexibility index (Phi) is 12.9. The highest BCUT2D eigenvalue weighted by Crippen LogP contribution is 2.57. The summed E-state index contributed by atoms with van der Waals surface area (Å²) in [7, 11) is -9.90. The fraction of sp³-hybridized carbons (Fsp3) is 0.600. The lowest BCUT2D eigenvalue weighted by atomic mass is 10.0. The van der Waals surface area contributed by atoms with Crippen molar-refractivity contribution in [3.63, 3.8) is 0 Å². The molecule has 0 bridgehead atoms. The number of phosphoric ester groups is 1. The van der Waals surface area contributed by atoms with E-state index in [9.17, 15) is 14.0 Å². The van der Waals surface area contributed by atoms with E-state index in [2.05, 4.69) is 41.8 Å². The molecule has 0 spiro atoms. The van der Waals surface area contributed by atoms with Crippen molar-refractivity contribution in [2.45, 2.75) is 73.1 Å². The molecule has 7 nitrogen and oxygen atoms in total. The normalized spacial score (nSPS) is 17.5. The number of hydrogen-bond donors (Lipinski definition) is 3. The van der Waals surface area contributed by atoms with Gasteiger partial charge in [0.15, 0.2) is 0 Å². The van der Waals surface area contributed by atoms with E-state index in [1.165, 1.54) is 11.1 Å². The van der Waals surface area contributed by atoms with Gasteiger partial charge in [0.05, 0.1) is 6.61 Å². The molecule has 0 saturated carbocycles. The van der Waals surface area contributed by atoms with E-state index in [1.54, 1.807) is 6.08 Å². The third kappa shape index (κ3) is 19.0. The predicted octanol–water partition coefficient (Wildman–Crippen LogP) is 6.36. The zero-order valence-electron chi connectivity index (χ0n) is 19.0. The Hall–Kier alpha value is -0.780. The predicted molar refractivity (Wildman–Crippen MR) is 117 cm³/mol. The van der Waals surface area contributed by atoms with E-state index < -0.39 is 15.6 Å². The van der Waals surface area contributed by atoms with E-state index in [0.29, 0.717) is 12.8 Å². The lowest BCUT2D eigenvalue weighted by Gasteiger charge is -2.11. The van der Waals surface area contributed by atoms with Gasteiger partial charge in [-0.05, 0) is 73.1 Å². The Morgan fingerprint density at radius 1 is 0.828 bits per heavy atom. The van der Waals surface area contributed by atoms with Crippen LogP contribution in [0.15, 0.2) is 46.6 Å². The van der Waals surface area contributed by atoms with Gasteiger partial charge >= 0.3 is 15.6 Å². The van der Waals surface area contributed by atoms with Crippen LogP contribution in [0.5, 0.6) is 0 Å². The SMILES string of the molecule is [3H]C(/C=C(\C)CCC=C(C)C)C/C(C)=C/CC/C(C)=C/COP(=O)(O)OP(=O)(O)O. The molecule has 2 atom stereocenters. The molecule has 0 aliphatic rings. The molecule has 0 aromatic heterocycles. The van der Waals surface area contributed by atoms with Crippen molar-refractivity contribution in [1.29, 1.82) is 0 Å². The third-order valence-electron chi connectivity index (χ3n) is 3.84. The lowest BCUT2D eigenvalue weighted by Crippen LogP contribution is -1.94. The quantitative estimate of drug-likeness (QED) is 0.208. The molecule has 0 amide bonds. The van der Waals surface area contributed by atoms with Gasteiger partial charge in [-0.2, -0.15) is 4.31 Å². The Labute approximate surface area is 176 Å². The van der Waals surface area contributed by atoms with E-state index in [-0.39, 0.29) is 13.0 Å². The van der Waals surface area contributed by atoms with Gasteiger partial charge in [-0.15, -0.1) is 0 Å². The summed E-state index contributed by atoms with van der Waals surface area (Å²) < 4.78 is 38.3. The fourth-order valence-electron chi connectivity index (χ4n) is 2.28. The van der Waals surface area contributed by atoms with Crippen molar-refractivity contribution in [3.05, 3.63) is 46.6 Å². The van der Waals surface area contributed by atoms with Crippen molar-refractivity contribution in [1.82, 2.24) is 0 Å². The van der Waals surface area contributed by atoms with Crippen LogP contribution in [0.4, 0.5) is 0 Å². The molecule has 0 rings (SSSR count). The molecule has 0 aromatic carbocycles. The number of phosphoric acid groups is 2. The van der Waals surface area contributed by atoms with Gasteiger partial charge < -0.3 is 14.7 Å². The molecule has 0 fully saturated rings. The highest BCUT2D eigenvalue weighted by atomic mass is 31.3. The van der Waals surface area contributed by atoms with Crippen LogP contribution in [0.3, 0.4) is 0 Å². The third-order valence-corrected chi connectivity index (χ3v) is 6.00. The largest absolute Gasteiger partial charge is 0.481 e. The monoisotopic (exact) mass is 452 g/mol. The molecule has 0 aromatic rings. The molecule has 3 N–H and O–H groups in total. The minimum Gasteiger partial charge on any atom is -0.302 e. The van der Waals surface area contributed by atoms with E-state index in [4.69, 9.17) is 11.2 Å². The maximum atomic E-state index is 11.3. The van der Waals surface area contributed by atoms with Crippen molar-refractivity contribution in [2.75, 3.05) is 6.61 Å². The smallest absolute Gasteiger partial charge is 0.302 e. The van der Waals surface area contributed by atoms with Gasteiger partial charge in [0.2, 0.25) is 0 Å². The zero-order chi connectivity index (χ0) is 23.4. The molecule has 0 aliphatic carbocycles. The summed E-state index contributed by atoms with van der Waals surface area (Å²) in [5.41, 5.74) is 4.55. The van der Waals surface area contributed by atoms with Crippen molar-refractivity contribution in [2.24, 2.45) is 0 Å². The average molecular weight is 452 g/mol. The highest BCUT2D eigenvalue weighted by molar-refractivity contribution is 7.60. The molecule has 9 heteroatoms. The molecule has 29 heavy (non-hydrogen) atoms. The summed E-state index contributed by atoms with van der Waals surface area (Å²) in [5, 5.41) is 0. The number of rotatable bonds is 14.